The van der Waals surface area contributed by atoms with Crippen molar-refractivity contribution in [1.82, 2.24) is 15.3 Å². The van der Waals surface area contributed by atoms with Crippen LogP contribution in [0.1, 0.15) is 63.4 Å². The van der Waals surface area contributed by atoms with Crippen LogP contribution in [0.2, 0.25) is 0 Å². The molecule has 25 heavy (non-hydrogen) atoms. The number of rotatable bonds is 7. The van der Waals surface area contributed by atoms with Crippen LogP contribution in [0.3, 0.4) is 0 Å². The predicted molar refractivity (Wildman–Crippen MR) is 102 cm³/mol. The maximum Gasteiger partial charge on any atom is 0.132 e. The molecule has 2 fully saturated rings. The average molecular weight is 347 g/mol. The third-order valence-corrected chi connectivity index (χ3v) is 5.50. The Morgan fingerprint density at radius 3 is 2.72 bits per heavy atom. The zero-order chi connectivity index (χ0) is 17.6. The number of nitrogens with one attached hydrogen (secondary N) is 1. The zero-order valence-corrected chi connectivity index (χ0v) is 16.1. The van der Waals surface area contributed by atoms with E-state index in [0.717, 1.165) is 56.1 Å². The van der Waals surface area contributed by atoms with E-state index in [2.05, 4.69) is 40.1 Å². The second-order valence-corrected chi connectivity index (χ2v) is 7.94. The SMILES string of the molecule is Cc1nc(C(C)C)cc(N2CCC(NCCCC3CCOC3)CC2)n1. The van der Waals surface area contributed by atoms with Gasteiger partial charge in [-0.1, -0.05) is 13.8 Å². The van der Waals surface area contributed by atoms with Crippen LogP contribution in [-0.2, 0) is 4.74 Å². The van der Waals surface area contributed by atoms with Crippen molar-refractivity contribution in [2.45, 2.75) is 64.8 Å². The van der Waals surface area contributed by atoms with Gasteiger partial charge in [0.25, 0.3) is 0 Å². The van der Waals surface area contributed by atoms with Crippen LogP contribution in [0.15, 0.2) is 6.07 Å². The Hall–Kier alpha value is -1.20. The molecule has 0 aromatic carbocycles. The molecule has 1 N–H and O–H groups in total. The topological polar surface area (TPSA) is 50.3 Å². The molecule has 140 valence electrons. The first-order valence-corrected chi connectivity index (χ1v) is 10.0. The summed E-state index contributed by atoms with van der Waals surface area (Å²) in [6, 6.07) is 2.83. The van der Waals surface area contributed by atoms with E-state index < -0.39 is 0 Å². The van der Waals surface area contributed by atoms with Crippen LogP contribution < -0.4 is 10.2 Å². The van der Waals surface area contributed by atoms with Crippen molar-refractivity contribution in [3.63, 3.8) is 0 Å². The fraction of sp³-hybridized carbons (Fsp3) is 0.800. The molecule has 5 heteroatoms. The standard InChI is InChI=1S/C20H34N4O/c1-15(2)19-13-20(23-16(3)22-19)24-10-6-18(7-11-24)21-9-4-5-17-8-12-25-14-17/h13,15,17-18,21H,4-12,14H2,1-3H3. The highest BCUT2D eigenvalue weighted by Crippen LogP contribution is 2.22. The van der Waals surface area contributed by atoms with Gasteiger partial charge in [-0.05, 0) is 57.4 Å². The van der Waals surface area contributed by atoms with Crippen molar-refractivity contribution < 1.29 is 4.74 Å². The smallest absolute Gasteiger partial charge is 0.132 e. The van der Waals surface area contributed by atoms with Crippen LogP contribution >= 0.6 is 0 Å². The molecule has 2 aliphatic rings. The Balaban J connectivity index is 1.41. The summed E-state index contributed by atoms with van der Waals surface area (Å²) in [7, 11) is 0. The Morgan fingerprint density at radius 1 is 1.24 bits per heavy atom. The first-order chi connectivity index (χ1) is 12.1. The lowest BCUT2D eigenvalue weighted by Crippen LogP contribution is -2.43. The molecule has 3 heterocycles. The van der Waals surface area contributed by atoms with E-state index in [1.54, 1.807) is 0 Å². The molecule has 2 saturated heterocycles. The van der Waals surface area contributed by atoms with Gasteiger partial charge in [0.2, 0.25) is 0 Å². The molecule has 1 aromatic rings. The second kappa shape index (κ2) is 8.95. The predicted octanol–water partition coefficient (Wildman–Crippen LogP) is 3.28. The van der Waals surface area contributed by atoms with Gasteiger partial charge in [-0.3, -0.25) is 0 Å². The van der Waals surface area contributed by atoms with E-state index in [4.69, 9.17) is 4.74 Å². The van der Waals surface area contributed by atoms with E-state index in [1.165, 1.54) is 32.1 Å². The Labute approximate surface area is 152 Å². The minimum atomic E-state index is 0.449. The molecule has 0 aliphatic carbocycles. The van der Waals surface area contributed by atoms with Gasteiger partial charge < -0.3 is 15.0 Å². The summed E-state index contributed by atoms with van der Waals surface area (Å²) in [4.78, 5) is 11.7. The second-order valence-electron chi connectivity index (χ2n) is 7.94. The minimum absolute atomic E-state index is 0.449. The monoisotopic (exact) mass is 346 g/mol. The van der Waals surface area contributed by atoms with Gasteiger partial charge >= 0.3 is 0 Å². The summed E-state index contributed by atoms with van der Waals surface area (Å²) in [5.74, 6) is 3.25. The van der Waals surface area contributed by atoms with E-state index in [1.807, 2.05) is 6.92 Å². The molecular weight excluding hydrogens is 312 g/mol. The Bertz CT molecular complexity index is 534. The summed E-state index contributed by atoms with van der Waals surface area (Å²) in [5, 5.41) is 3.76. The molecule has 0 saturated carbocycles. The average Bonchev–Trinajstić information content (AvgIpc) is 3.12. The summed E-state index contributed by atoms with van der Waals surface area (Å²) in [6.45, 7) is 11.7. The lowest BCUT2D eigenvalue weighted by Gasteiger charge is -2.33. The molecular formula is C20H34N4O. The Kier molecular flexibility index (Phi) is 6.65. The van der Waals surface area contributed by atoms with Crippen LogP contribution in [0.25, 0.3) is 0 Å². The summed E-state index contributed by atoms with van der Waals surface area (Å²) in [6.07, 6.45) is 6.25. The van der Waals surface area contributed by atoms with Crippen molar-refractivity contribution in [2.24, 2.45) is 5.92 Å². The summed E-state index contributed by atoms with van der Waals surface area (Å²) < 4.78 is 5.45. The lowest BCUT2D eigenvalue weighted by molar-refractivity contribution is 0.183. The largest absolute Gasteiger partial charge is 0.381 e. The number of piperidine rings is 1. The number of ether oxygens (including phenoxy) is 1. The lowest BCUT2D eigenvalue weighted by atomic mass is 10.0. The fourth-order valence-electron chi connectivity index (χ4n) is 3.85. The number of nitrogens with zero attached hydrogens (tertiary/aromatic N) is 3. The number of hydrogen-bond donors (Lipinski definition) is 1. The van der Waals surface area contributed by atoms with Crippen LogP contribution in [0, 0.1) is 12.8 Å². The van der Waals surface area contributed by atoms with E-state index in [0.29, 0.717) is 12.0 Å². The number of hydrogen-bond acceptors (Lipinski definition) is 5. The van der Waals surface area contributed by atoms with Crippen LogP contribution in [-0.4, -0.2) is 48.9 Å². The van der Waals surface area contributed by atoms with Gasteiger partial charge in [0, 0.05) is 44.1 Å². The number of aromatic nitrogens is 2. The highest BCUT2D eigenvalue weighted by atomic mass is 16.5. The van der Waals surface area contributed by atoms with Gasteiger partial charge in [-0.2, -0.15) is 0 Å². The Morgan fingerprint density at radius 2 is 2.04 bits per heavy atom. The maximum atomic E-state index is 5.45. The minimum Gasteiger partial charge on any atom is -0.381 e. The number of anilines is 1. The van der Waals surface area contributed by atoms with Gasteiger partial charge in [0.15, 0.2) is 0 Å². The molecule has 1 aromatic heterocycles. The normalized spacial score (nSPS) is 22.1. The molecule has 1 atom stereocenters. The quantitative estimate of drug-likeness (QED) is 0.768. The van der Waals surface area contributed by atoms with Crippen molar-refractivity contribution >= 4 is 5.82 Å². The highest BCUT2D eigenvalue weighted by Gasteiger charge is 2.21. The summed E-state index contributed by atoms with van der Waals surface area (Å²) >= 11 is 0. The van der Waals surface area contributed by atoms with Gasteiger partial charge in [-0.15, -0.1) is 0 Å². The first-order valence-electron chi connectivity index (χ1n) is 10.0. The molecule has 0 bridgehead atoms. The first kappa shape index (κ1) is 18.6. The van der Waals surface area contributed by atoms with Crippen LogP contribution in [0.4, 0.5) is 5.82 Å². The summed E-state index contributed by atoms with van der Waals surface area (Å²) in [5.41, 5.74) is 1.15. The fourth-order valence-corrected chi connectivity index (χ4v) is 3.85. The van der Waals surface area contributed by atoms with E-state index in [9.17, 15) is 0 Å². The maximum absolute atomic E-state index is 5.45. The molecule has 2 aliphatic heterocycles. The van der Waals surface area contributed by atoms with Crippen molar-refractivity contribution in [3.05, 3.63) is 17.6 Å². The molecule has 1 unspecified atom stereocenters. The van der Waals surface area contributed by atoms with Crippen LogP contribution in [0.5, 0.6) is 0 Å². The number of aryl methyl sites for hydroxylation is 1. The van der Waals surface area contributed by atoms with Gasteiger partial charge in [0.1, 0.15) is 11.6 Å². The van der Waals surface area contributed by atoms with E-state index >= 15 is 0 Å². The molecule has 5 nitrogen and oxygen atoms in total. The van der Waals surface area contributed by atoms with E-state index in [-0.39, 0.29) is 0 Å². The highest BCUT2D eigenvalue weighted by molar-refractivity contribution is 5.41. The van der Waals surface area contributed by atoms with Gasteiger partial charge in [-0.25, -0.2) is 9.97 Å². The zero-order valence-electron chi connectivity index (χ0n) is 16.1. The van der Waals surface area contributed by atoms with Gasteiger partial charge in [0.05, 0.1) is 0 Å². The van der Waals surface area contributed by atoms with Crippen molar-refractivity contribution in [3.8, 4) is 0 Å². The molecule has 0 spiro atoms. The third kappa shape index (κ3) is 5.38. The van der Waals surface area contributed by atoms with Crippen molar-refractivity contribution in [1.29, 1.82) is 0 Å². The third-order valence-electron chi connectivity index (χ3n) is 5.50. The molecule has 0 amide bonds. The molecule has 3 rings (SSSR count). The molecule has 0 radical (unpaired) electrons. The van der Waals surface area contributed by atoms with Crippen molar-refractivity contribution in [2.75, 3.05) is 37.7 Å².